The maximum Gasteiger partial charge on any atom is 0.340 e. The Morgan fingerprint density at radius 2 is 1.07 bits per heavy atom. The normalized spacial score (nSPS) is 9.73. The molecule has 0 radical (unpaired) electrons. The highest BCUT2D eigenvalue weighted by Crippen LogP contribution is 2.35. The molecule has 0 atom stereocenters. The van der Waals surface area contributed by atoms with E-state index >= 15 is 0 Å². The second-order valence-electron chi connectivity index (χ2n) is 5.30. The van der Waals surface area contributed by atoms with Gasteiger partial charge in [-0.1, -0.05) is 0 Å². The number of nitrogens with one attached hydrogen (secondary N) is 1. The number of aromatic carboxylic acids is 4. The molecule has 0 saturated heterocycles. The zero-order chi connectivity index (χ0) is 23.3. The van der Waals surface area contributed by atoms with Crippen LogP contribution in [0.1, 0.15) is 41.4 Å². The first-order valence-electron chi connectivity index (χ1n) is 7.41. The third kappa shape index (κ3) is 4.89. The number of benzene rings is 2. The maximum atomic E-state index is 11.3. The topological polar surface area (TPSA) is 268 Å². The summed E-state index contributed by atoms with van der Waals surface area (Å²) in [4.78, 5) is 64.5. The van der Waals surface area contributed by atoms with Gasteiger partial charge in [-0.3, -0.25) is 5.32 Å². The van der Waals surface area contributed by atoms with E-state index in [2.05, 4.69) is 11.5 Å². The number of nitrogens with two attached hydrogens (primary N) is 2. The van der Waals surface area contributed by atoms with Crippen molar-refractivity contribution in [3.8, 4) is 5.75 Å². The Balaban J connectivity index is 0.000000553. The number of urea groups is 2. The van der Waals surface area contributed by atoms with Crippen LogP contribution in [0, 0.1) is 0 Å². The molecule has 0 aliphatic rings. The van der Waals surface area contributed by atoms with Crippen molar-refractivity contribution in [2.24, 2.45) is 11.5 Å². The quantitative estimate of drug-likeness (QED) is 0.326. The van der Waals surface area contributed by atoms with Crippen molar-refractivity contribution in [2.45, 2.75) is 0 Å². The van der Waals surface area contributed by atoms with Gasteiger partial charge in [-0.15, -0.1) is 0 Å². The van der Waals surface area contributed by atoms with Crippen LogP contribution in [0.2, 0.25) is 0 Å². The number of fused-ring (bicyclic) bond motifs is 1. The molecule has 0 heterocycles. The van der Waals surface area contributed by atoms with Crippen LogP contribution in [0.15, 0.2) is 18.2 Å². The minimum Gasteiger partial charge on any atom is -0.507 e. The summed E-state index contributed by atoms with van der Waals surface area (Å²) in [6, 6.07) is 0.404. The van der Waals surface area contributed by atoms with Gasteiger partial charge in [-0.25, -0.2) is 28.8 Å². The number of carbonyl (C=O) groups is 6. The lowest BCUT2D eigenvalue weighted by Crippen LogP contribution is -2.38. The van der Waals surface area contributed by atoms with Crippen LogP contribution in [0.5, 0.6) is 5.75 Å². The fraction of sp³-hybridized carbons (Fsp3) is 0. The fourth-order valence-corrected chi connectivity index (χ4v) is 2.41. The first kappa shape index (κ1) is 23.2. The van der Waals surface area contributed by atoms with Crippen LogP contribution in [0.3, 0.4) is 0 Å². The van der Waals surface area contributed by atoms with Gasteiger partial charge in [0.25, 0.3) is 0 Å². The van der Waals surface area contributed by atoms with Gasteiger partial charge in [0, 0.05) is 10.8 Å². The zero-order valence-corrected chi connectivity index (χ0v) is 14.6. The van der Waals surface area contributed by atoms with Crippen molar-refractivity contribution in [3.05, 3.63) is 40.5 Å². The van der Waals surface area contributed by atoms with Crippen molar-refractivity contribution in [2.75, 3.05) is 0 Å². The van der Waals surface area contributed by atoms with E-state index in [4.69, 9.17) is 10.2 Å². The number of imide groups is 1. The lowest BCUT2D eigenvalue weighted by atomic mass is 9.91. The Hall–Kier alpha value is -4.88. The number of rotatable bonds is 4. The second kappa shape index (κ2) is 8.87. The molecule has 0 unspecified atom stereocenters. The van der Waals surface area contributed by atoms with Gasteiger partial charge >= 0.3 is 35.9 Å². The molecule has 2 rings (SSSR count). The molecule has 4 amide bonds. The summed E-state index contributed by atoms with van der Waals surface area (Å²) in [7, 11) is 0. The lowest BCUT2D eigenvalue weighted by Gasteiger charge is -2.13. The van der Waals surface area contributed by atoms with Crippen LogP contribution in [0.25, 0.3) is 10.8 Å². The number of carbonyl (C=O) groups excluding carboxylic acids is 2. The summed E-state index contributed by atoms with van der Waals surface area (Å²) in [6.07, 6.45) is 0. The van der Waals surface area contributed by atoms with Crippen molar-refractivity contribution in [1.29, 1.82) is 0 Å². The van der Waals surface area contributed by atoms with Crippen LogP contribution in [-0.2, 0) is 0 Å². The molecule has 158 valence electrons. The molecular weight excluding hydrogens is 410 g/mol. The summed E-state index contributed by atoms with van der Waals surface area (Å²) in [5.74, 6) is -7.53. The molecule has 0 aromatic heterocycles. The second-order valence-corrected chi connectivity index (χ2v) is 5.30. The van der Waals surface area contributed by atoms with Gasteiger partial charge in [0.1, 0.15) is 11.3 Å². The Labute approximate surface area is 164 Å². The molecule has 0 fully saturated rings. The van der Waals surface area contributed by atoms with Gasteiger partial charge in [0.2, 0.25) is 0 Å². The lowest BCUT2D eigenvalue weighted by molar-refractivity contribution is 0.0673. The molecule has 30 heavy (non-hydrogen) atoms. The van der Waals surface area contributed by atoms with Gasteiger partial charge in [0.05, 0.1) is 16.7 Å². The number of amides is 4. The van der Waals surface area contributed by atoms with E-state index in [1.807, 2.05) is 0 Å². The molecule has 0 aliphatic carbocycles. The Bertz CT molecular complexity index is 1100. The highest BCUT2D eigenvalue weighted by atomic mass is 16.4. The van der Waals surface area contributed by atoms with E-state index in [1.165, 1.54) is 0 Å². The third-order valence-corrected chi connectivity index (χ3v) is 3.41. The summed E-state index contributed by atoms with van der Waals surface area (Å²) in [5.41, 5.74) is 6.05. The van der Waals surface area contributed by atoms with Crippen LogP contribution in [0.4, 0.5) is 9.59 Å². The molecular formula is C16H13N3O11. The number of carboxylic acid groups (broad SMARTS) is 4. The Morgan fingerprint density at radius 1 is 0.667 bits per heavy atom. The van der Waals surface area contributed by atoms with Gasteiger partial charge in [-0.2, -0.15) is 0 Å². The number of primary amides is 2. The number of phenols is 1. The minimum atomic E-state index is -1.73. The third-order valence-electron chi connectivity index (χ3n) is 3.41. The average molecular weight is 423 g/mol. The summed E-state index contributed by atoms with van der Waals surface area (Å²) in [6.45, 7) is 0. The Morgan fingerprint density at radius 3 is 1.37 bits per heavy atom. The van der Waals surface area contributed by atoms with E-state index in [9.17, 15) is 44.1 Å². The molecule has 2 aromatic rings. The van der Waals surface area contributed by atoms with Crippen LogP contribution >= 0.6 is 0 Å². The minimum absolute atomic E-state index is 0.576. The maximum absolute atomic E-state index is 11.3. The smallest absolute Gasteiger partial charge is 0.340 e. The van der Waals surface area contributed by atoms with Gasteiger partial charge < -0.3 is 37.0 Å². The first-order chi connectivity index (χ1) is 13.8. The molecule has 0 aliphatic heterocycles. The summed E-state index contributed by atoms with van der Waals surface area (Å²) in [5, 5.41) is 46.8. The summed E-state index contributed by atoms with van der Waals surface area (Å²) >= 11 is 0. The largest absolute Gasteiger partial charge is 0.507 e. The molecule has 14 heteroatoms. The molecule has 2 aromatic carbocycles. The molecule has 0 spiro atoms. The van der Waals surface area contributed by atoms with E-state index < -0.39 is 74.7 Å². The fourth-order valence-electron chi connectivity index (χ4n) is 2.41. The van der Waals surface area contributed by atoms with E-state index in [1.54, 1.807) is 5.32 Å². The Kier molecular flexibility index (Phi) is 6.85. The van der Waals surface area contributed by atoms with Gasteiger partial charge in [0.15, 0.2) is 0 Å². The number of aromatic hydroxyl groups is 1. The van der Waals surface area contributed by atoms with Crippen molar-refractivity contribution in [3.63, 3.8) is 0 Å². The zero-order valence-electron chi connectivity index (χ0n) is 14.6. The molecule has 0 bridgehead atoms. The monoisotopic (exact) mass is 423 g/mol. The van der Waals surface area contributed by atoms with E-state index in [0.717, 1.165) is 12.1 Å². The summed E-state index contributed by atoms with van der Waals surface area (Å²) < 4.78 is 0. The average Bonchev–Trinajstić information content (AvgIpc) is 2.58. The standard InChI is InChI=1S/C14H8O9.C2H5N3O2/c15-7-3-6(13(20)21)8-4(11(16)17)1-2-5(12(18)19)9(8)10(7)14(22)23;3-1(6)5-2(4)7/h1-3,15H,(H,16,17)(H,18,19)(H,20,21)(H,22,23);(H5,3,4,5,6,7). The number of carboxylic acids is 4. The van der Waals surface area contributed by atoms with Crippen LogP contribution in [-0.4, -0.2) is 61.5 Å². The van der Waals surface area contributed by atoms with Crippen LogP contribution < -0.4 is 16.8 Å². The molecule has 14 nitrogen and oxygen atoms in total. The highest BCUT2D eigenvalue weighted by Gasteiger charge is 2.28. The van der Waals surface area contributed by atoms with E-state index in [0.29, 0.717) is 6.07 Å². The number of hydrogen-bond donors (Lipinski definition) is 8. The van der Waals surface area contributed by atoms with Crippen molar-refractivity contribution >= 4 is 46.7 Å². The van der Waals surface area contributed by atoms with Crippen molar-refractivity contribution in [1.82, 2.24) is 5.32 Å². The van der Waals surface area contributed by atoms with Gasteiger partial charge in [-0.05, 0) is 18.2 Å². The number of hydrogen-bond acceptors (Lipinski definition) is 7. The predicted octanol–water partition coefficient (Wildman–Crippen LogP) is 0.0716. The molecule has 10 N–H and O–H groups in total. The first-order valence-corrected chi connectivity index (χ1v) is 7.41. The SMILES string of the molecule is NC(=O)NC(N)=O.O=C(O)c1ccc(C(=O)O)c2c(C(=O)O)c(O)cc(C(=O)O)c12. The predicted molar refractivity (Wildman–Crippen MR) is 95.8 cm³/mol. The van der Waals surface area contributed by atoms with Crippen molar-refractivity contribution < 1.29 is 54.3 Å². The molecule has 0 saturated carbocycles. The van der Waals surface area contributed by atoms with E-state index in [-0.39, 0.29) is 0 Å². The highest BCUT2D eigenvalue weighted by molar-refractivity contribution is 6.22.